The largest absolute Gasteiger partial charge is 3.00 e. The first-order valence-corrected chi connectivity index (χ1v) is 11.5. The van der Waals surface area contributed by atoms with Crippen LogP contribution in [0.15, 0.2) is 0 Å². The minimum atomic E-state index is -2.24. The predicted octanol–water partition coefficient (Wildman–Crippen LogP) is 3.45. The van der Waals surface area contributed by atoms with Crippen LogP contribution in [0.1, 0.15) is 81.6 Å². The summed E-state index contributed by atoms with van der Waals surface area (Å²) in [7, 11) is -6.73. The molecule has 0 aromatic carbocycles. The van der Waals surface area contributed by atoms with Crippen molar-refractivity contribution in [1.82, 2.24) is 0 Å². The molecule has 0 radical (unpaired) electrons. The zero-order valence-corrected chi connectivity index (χ0v) is 20.8. The van der Waals surface area contributed by atoms with Crippen molar-refractivity contribution < 1.29 is 28.4 Å². The average Bonchev–Trinajstić information content (AvgIpc) is 2.47. The van der Waals surface area contributed by atoms with E-state index in [2.05, 4.69) is 0 Å². The number of hydrogen-bond acceptors (Lipinski definition) is 6. The molecule has 0 aromatic heterocycles. The van der Waals surface area contributed by atoms with Crippen LogP contribution in [0.5, 0.6) is 0 Å². The van der Waals surface area contributed by atoms with E-state index in [1.165, 1.54) is 0 Å². The van der Waals surface area contributed by atoms with E-state index in [0.717, 1.165) is 0 Å². The van der Waals surface area contributed by atoms with Gasteiger partial charge in [0, 0.05) is 0 Å². The Kier molecular flexibility index (Phi) is 19.6. The van der Waals surface area contributed by atoms with Crippen LogP contribution in [-0.4, -0.2) is 32.8 Å². The summed E-state index contributed by atoms with van der Waals surface area (Å²) in [4.78, 5) is 30.9. The molecule has 0 aromatic rings. The SMILES string of the molecule is CCC(C)(C)[P+](=O)[O-].CCC(C)(C)[P+](=O)[O-].CCC(C)(C)[P+](=O)[O-].[Al+3]. The van der Waals surface area contributed by atoms with E-state index in [0.29, 0.717) is 19.3 Å². The minimum absolute atomic E-state index is 0. The van der Waals surface area contributed by atoms with Crippen LogP contribution in [-0.2, 0) is 13.7 Å². The molecule has 0 amide bonds. The molecule has 0 aliphatic rings. The monoisotopic (exact) mass is 429 g/mol. The fourth-order valence-electron chi connectivity index (χ4n) is 0.387. The van der Waals surface area contributed by atoms with E-state index >= 15 is 0 Å². The van der Waals surface area contributed by atoms with Crippen LogP contribution in [0.2, 0.25) is 0 Å². The van der Waals surface area contributed by atoms with Gasteiger partial charge in [0.2, 0.25) is 0 Å². The van der Waals surface area contributed by atoms with E-state index in [9.17, 15) is 28.4 Å². The molecule has 0 bridgehead atoms. The third kappa shape index (κ3) is 16.6. The Labute approximate surface area is 166 Å². The molecule has 3 atom stereocenters. The molecule has 0 aliphatic carbocycles. The Morgan fingerprint density at radius 1 is 0.560 bits per heavy atom. The first-order chi connectivity index (χ1) is 10.5. The summed E-state index contributed by atoms with van der Waals surface area (Å²) in [5.41, 5.74) is 0. The van der Waals surface area contributed by atoms with Crippen LogP contribution < -0.4 is 14.7 Å². The third-order valence-electron chi connectivity index (χ3n) is 4.08. The summed E-state index contributed by atoms with van der Waals surface area (Å²) in [6.45, 7) is 15.9. The topological polar surface area (TPSA) is 120 Å². The maximum Gasteiger partial charge on any atom is 3.00 e. The fraction of sp³-hybridized carbons (Fsp3) is 1.00. The molecule has 0 aliphatic heterocycles. The van der Waals surface area contributed by atoms with E-state index in [1.807, 2.05) is 20.8 Å². The Bertz CT molecular complexity index is 364. The fourth-order valence-corrected chi connectivity index (χ4v) is 1.16. The van der Waals surface area contributed by atoms with Crippen LogP contribution in [0.3, 0.4) is 0 Å². The Morgan fingerprint density at radius 3 is 0.680 bits per heavy atom. The quantitative estimate of drug-likeness (QED) is 0.471. The van der Waals surface area contributed by atoms with Gasteiger partial charge in [-0.1, -0.05) is 34.5 Å². The second kappa shape index (κ2) is 14.7. The van der Waals surface area contributed by atoms with Gasteiger partial charge in [0.05, 0.1) is 0 Å². The van der Waals surface area contributed by atoms with Gasteiger partial charge in [-0.3, -0.25) is 0 Å². The molecule has 0 N–H and O–H groups in total. The van der Waals surface area contributed by atoms with Gasteiger partial charge >= 0.3 is 41.4 Å². The van der Waals surface area contributed by atoms with Crippen molar-refractivity contribution in [3.63, 3.8) is 0 Å². The number of rotatable bonds is 6. The molecule has 6 nitrogen and oxygen atoms in total. The summed E-state index contributed by atoms with van der Waals surface area (Å²) in [5, 5.41) is -1.51. The molecule has 25 heavy (non-hydrogen) atoms. The Hall–Kier alpha value is 0.712. The van der Waals surface area contributed by atoms with Crippen LogP contribution in [0, 0.1) is 0 Å². The van der Waals surface area contributed by atoms with E-state index in [-0.39, 0.29) is 17.4 Å². The summed E-state index contributed by atoms with van der Waals surface area (Å²) in [6.07, 6.45) is 2.06. The van der Waals surface area contributed by atoms with Crippen molar-refractivity contribution in [2.24, 2.45) is 0 Å². The van der Waals surface area contributed by atoms with Gasteiger partial charge in [0.1, 0.15) is 0 Å². The maximum atomic E-state index is 10.3. The zero-order chi connectivity index (χ0) is 20.4. The summed E-state index contributed by atoms with van der Waals surface area (Å²) in [5.74, 6) is 0. The van der Waals surface area contributed by atoms with Gasteiger partial charge in [-0.25, -0.2) is 0 Å². The third-order valence-corrected chi connectivity index (χ3v) is 7.99. The van der Waals surface area contributed by atoms with Gasteiger partial charge < -0.3 is 14.7 Å². The predicted molar refractivity (Wildman–Crippen MR) is 102 cm³/mol. The van der Waals surface area contributed by atoms with E-state index in [1.54, 1.807) is 41.5 Å². The molecular weight excluding hydrogens is 396 g/mol. The van der Waals surface area contributed by atoms with Crippen LogP contribution in [0.25, 0.3) is 0 Å². The van der Waals surface area contributed by atoms with E-state index < -0.39 is 39.6 Å². The van der Waals surface area contributed by atoms with E-state index in [4.69, 9.17) is 0 Å². The zero-order valence-electron chi connectivity index (χ0n) is 17.0. The standard InChI is InChI=1S/3C5H11O2P.Al/c3*1-4-5(2,3)8(6)7;/h3*4H2,1-3H3;/q;;;+3. The Morgan fingerprint density at radius 2 is 0.680 bits per heavy atom. The second-order valence-corrected chi connectivity index (χ2v) is 12.4. The van der Waals surface area contributed by atoms with Gasteiger partial charge in [-0.15, -0.1) is 0 Å². The molecule has 10 heteroatoms. The van der Waals surface area contributed by atoms with Crippen molar-refractivity contribution in [2.75, 3.05) is 0 Å². The first kappa shape index (κ1) is 33.3. The summed E-state index contributed by atoms with van der Waals surface area (Å²) < 4.78 is 30.9. The van der Waals surface area contributed by atoms with Crippen molar-refractivity contribution in [3.8, 4) is 0 Å². The van der Waals surface area contributed by atoms with Crippen molar-refractivity contribution in [3.05, 3.63) is 0 Å². The normalized spacial score (nSPS) is 13.2. The molecule has 3 unspecified atom stereocenters. The number of hydrogen-bond donors (Lipinski definition) is 0. The van der Waals surface area contributed by atoms with Gasteiger partial charge in [-0.05, 0) is 60.8 Å². The smallest absolute Gasteiger partial charge is 0.595 e. The molecule has 0 saturated carbocycles. The van der Waals surface area contributed by atoms with Gasteiger partial charge in [0.15, 0.2) is 15.5 Å². The summed E-state index contributed by atoms with van der Waals surface area (Å²) >= 11 is 0. The maximum absolute atomic E-state index is 10.3. The molecule has 0 fully saturated rings. The van der Waals surface area contributed by atoms with Crippen molar-refractivity contribution in [2.45, 2.75) is 97.0 Å². The Balaban J connectivity index is -0.000000130. The van der Waals surface area contributed by atoms with Crippen molar-refractivity contribution >= 4 is 41.4 Å². The first-order valence-electron chi connectivity index (χ1n) is 7.95. The summed E-state index contributed by atoms with van der Waals surface area (Å²) in [6, 6.07) is 0. The van der Waals surface area contributed by atoms with Crippen molar-refractivity contribution in [1.29, 1.82) is 0 Å². The van der Waals surface area contributed by atoms with Crippen LogP contribution >= 0.6 is 24.1 Å². The van der Waals surface area contributed by atoms with Gasteiger partial charge in [-0.2, -0.15) is 0 Å². The molecular formula is C15H33AlO6P3+3. The minimum Gasteiger partial charge on any atom is -0.595 e. The second-order valence-electron chi connectivity index (χ2n) is 7.27. The molecule has 144 valence electrons. The molecule has 0 rings (SSSR count). The molecule has 0 heterocycles. The molecule has 0 spiro atoms. The van der Waals surface area contributed by atoms with Crippen LogP contribution in [0.4, 0.5) is 0 Å². The average molecular weight is 429 g/mol. The molecule has 0 saturated heterocycles. The van der Waals surface area contributed by atoms with Gasteiger partial charge in [0.25, 0.3) is 0 Å².